The Labute approximate surface area is 118 Å². The number of rotatable bonds is 3. The first-order valence-corrected chi connectivity index (χ1v) is 7.65. The van der Waals surface area contributed by atoms with Gasteiger partial charge in [0.05, 0.1) is 8.67 Å². The van der Waals surface area contributed by atoms with Gasteiger partial charge in [-0.1, -0.05) is 43.5 Å². The zero-order valence-electron chi connectivity index (χ0n) is 10.5. The van der Waals surface area contributed by atoms with Crippen LogP contribution in [-0.2, 0) is 0 Å². The summed E-state index contributed by atoms with van der Waals surface area (Å²) in [6, 6.07) is 2.34. The molecule has 0 spiro atoms. The molecule has 0 aliphatic heterocycles. The lowest BCUT2D eigenvalue weighted by molar-refractivity contribution is 0.204. The van der Waals surface area contributed by atoms with E-state index in [2.05, 4.69) is 19.2 Å². The highest BCUT2D eigenvalue weighted by atomic mass is 35.5. The monoisotopic (exact) mass is 291 g/mol. The van der Waals surface area contributed by atoms with E-state index in [1.165, 1.54) is 36.2 Å². The second-order valence-corrected chi connectivity index (χ2v) is 7.82. The Morgan fingerprint density at radius 1 is 1.47 bits per heavy atom. The van der Waals surface area contributed by atoms with Crippen LogP contribution >= 0.6 is 34.5 Å². The van der Waals surface area contributed by atoms with Crippen molar-refractivity contribution in [3.8, 4) is 0 Å². The average molecular weight is 292 g/mol. The van der Waals surface area contributed by atoms with Gasteiger partial charge in [0.15, 0.2) is 0 Å². The molecule has 1 aromatic heterocycles. The fourth-order valence-electron chi connectivity index (χ4n) is 3.11. The fourth-order valence-corrected chi connectivity index (χ4v) is 4.66. The molecule has 2 atom stereocenters. The SMILES string of the molecule is CNC(c1cc(Cl)sc1Cl)C1CCCC1(C)C. The molecule has 0 radical (unpaired) electrons. The molecule has 2 rings (SSSR count). The molecule has 1 fully saturated rings. The number of halogens is 2. The Balaban J connectivity index is 2.31. The van der Waals surface area contributed by atoms with Crippen LogP contribution in [0.15, 0.2) is 6.07 Å². The molecule has 1 aliphatic carbocycles. The smallest absolute Gasteiger partial charge is 0.0992 e. The fraction of sp³-hybridized carbons (Fsp3) is 0.692. The summed E-state index contributed by atoms with van der Waals surface area (Å²) in [6.45, 7) is 4.72. The van der Waals surface area contributed by atoms with Crippen molar-refractivity contribution < 1.29 is 0 Å². The third-order valence-electron chi connectivity index (χ3n) is 4.07. The summed E-state index contributed by atoms with van der Waals surface area (Å²) in [5.74, 6) is 0.635. The molecule has 1 aromatic rings. The van der Waals surface area contributed by atoms with Gasteiger partial charge in [0.1, 0.15) is 0 Å². The van der Waals surface area contributed by atoms with Gasteiger partial charge >= 0.3 is 0 Å². The van der Waals surface area contributed by atoms with Crippen LogP contribution < -0.4 is 5.32 Å². The van der Waals surface area contributed by atoms with Crippen molar-refractivity contribution in [2.75, 3.05) is 7.05 Å². The quantitative estimate of drug-likeness (QED) is 0.813. The normalized spacial score (nSPS) is 25.1. The summed E-state index contributed by atoms with van der Waals surface area (Å²) < 4.78 is 1.61. The van der Waals surface area contributed by atoms with E-state index in [-0.39, 0.29) is 0 Å². The molecule has 17 heavy (non-hydrogen) atoms. The molecule has 1 N–H and O–H groups in total. The lowest BCUT2D eigenvalue weighted by atomic mass is 9.76. The van der Waals surface area contributed by atoms with Crippen molar-refractivity contribution in [1.82, 2.24) is 5.32 Å². The van der Waals surface area contributed by atoms with Crippen LogP contribution in [0.4, 0.5) is 0 Å². The van der Waals surface area contributed by atoms with Crippen LogP contribution in [0.1, 0.15) is 44.7 Å². The van der Waals surface area contributed by atoms with Crippen LogP contribution in [-0.4, -0.2) is 7.05 Å². The number of thiophene rings is 1. The molecule has 96 valence electrons. The Kier molecular flexibility index (Phi) is 4.09. The van der Waals surface area contributed by atoms with Crippen molar-refractivity contribution in [3.63, 3.8) is 0 Å². The van der Waals surface area contributed by atoms with Gasteiger partial charge in [0, 0.05) is 11.6 Å². The summed E-state index contributed by atoms with van der Waals surface area (Å²) in [5, 5.41) is 3.43. The van der Waals surface area contributed by atoms with Gasteiger partial charge in [-0.05, 0) is 37.3 Å². The summed E-state index contributed by atoms with van der Waals surface area (Å²) in [5.41, 5.74) is 1.55. The lowest BCUT2D eigenvalue weighted by Crippen LogP contribution is -2.31. The van der Waals surface area contributed by atoms with Gasteiger partial charge in [0.25, 0.3) is 0 Å². The molecule has 1 heterocycles. The molecule has 1 saturated carbocycles. The molecule has 0 aromatic carbocycles. The molecule has 4 heteroatoms. The lowest BCUT2D eigenvalue weighted by Gasteiger charge is -2.34. The average Bonchev–Trinajstić information content (AvgIpc) is 2.73. The van der Waals surface area contributed by atoms with Gasteiger partial charge < -0.3 is 5.32 Å². The maximum atomic E-state index is 6.28. The van der Waals surface area contributed by atoms with E-state index in [9.17, 15) is 0 Å². The van der Waals surface area contributed by atoms with E-state index in [1.807, 2.05) is 13.1 Å². The van der Waals surface area contributed by atoms with Crippen LogP contribution in [0, 0.1) is 11.3 Å². The summed E-state index contributed by atoms with van der Waals surface area (Å²) in [6.07, 6.45) is 3.87. The van der Waals surface area contributed by atoms with E-state index in [0.717, 1.165) is 8.67 Å². The summed E-state index contributed by atoms with van der Waals surface area (Å²) in [7, 11) is 2.01. The van der Waals surface area contributed by atoms with Gasteiger partial charge in [0.2, 0.25) is 0 Å². The Morgan fingerprint density at radius 3 is 2.59 bits per heavy atom. The van der Waals surface area contributed by atoms with Crippen molar-refractivity contribution in [3.05, 3.63) is 20.3 Å². The van der Waals surface area contributed by atoms with Crippen LogP contribution in [0.2, 0.25) is 8.67 Å². The maximum Gasteiger partial charge on any atom is 0.0992 e. The van der Waals surface area contributed by atoms with Gasteiger partial charge in [-0.3, -0.25) is 0 Å². The minimum atomic E-state index is 0.323. The predicted molar refractivity (Wildman–Crippen MR) is 77.3 cm³/mol. The summed E-state index contributed by atoms with van der Waals surface area (Å²) in [4.78, 5) is 0. The van der Waals surface area contributed by atoms with Crippen LogP contribution in [0.3, 0.4) is 0 Å². The molecule has 0 amide bonds. The topological polar surface area (TPSA) is 12.0 Å². The molecule has 0 saturated heterocycles. The van der Waals surface area contributed by atoms with Crippen molar-refractivity contribution in [2.24, 2.45) is 11.3 Å². The zero-order chi connectivity index (χ0) is 12.6. The molecule has 0 bridgehead atoms. The standard InChI is InChI=1S/C13H19Cl2NS/c1-13(2)6-4-5-9(13)11(16-3)8-7-10(14)17-12(8)15/h7,9,11,16H,4-6H2,1-3H3. The number of hydrogen-bond acceptors (Lipinski definition) is 2. The van der Waals surface area contributed by atoms with E-state index in [1.54, 1.807) is 0 Å². The maximum absolute atomic E-state index is 6.28. The van der Waals surface area contributed by atoms with Gasteiger partial charge in [-0.25, -0.2) is 0 Å². The first-order chi connectivity index (χ1) is 7.95. The summed E-state index contributed by atoms with van der Waals surface area (Å²) >= 11 is 13.8. The third kappa shape index (κ3) is 2.65. The van der Waals surface area contributed by atoms with Crippen LogP contribution in [0.5, 0.6) is 0 Å². The van der Waals surface area contributed by atoms with Crippen molar-refractivity contribution in [1.29, 1.82) is 0 Å². The highest BCUT2D eigenvalue weighted by Crippen LogP contribution is 2.50. The van der Waals surface area contributed by atoms with Gasteiger partial charge in [-0.2, -0.15) is 0 Å². The minimum absolute atomic E-state index is 0.323. The zero-order valence-corrected chi connectivity index (χ0v) is 12.8. The highest BCUT2D eigenvalue weighted by molar-refractivity contribution is 7.20. The van der Waals surface area contributed by atoms with Crippen LogP contribution in [0.25, 0.3) is 0 Å². The Morgan fingerprint density at radius 2 is 2.18 bits per heavy atom. The van der Waals surface area contributed by atoms with Crippen molar-refractivity contribution in [2.45, 2.75) is 39.2 Å². The predicted octanol–water partition coefficient (Wildman–Crippen LogP) is 5.14. The second-order valence-electron chi connectivity index (χ2n) is 5.53. The van der Waals surface area contributed by atoms with E-state index >= 15 is 0 Å². The van der Waals surface area contributed by atoms with Crippen molar-refractivity contribution >= 4 is 34.5 Å². The highest BCUT2D eigenvalue weighted by Gasteiger charge is 2.40. The van der Waals surface area contributed by atoms with E-state index in [0.29, 0.717) is 17.4 Å². The molecule has 1 aliphatic rings. The van der Waals surface area contributed by atoms with Gasteiger partial charge in [-0.15, -0.1) is 11.3 Å². The van der Waals surface area contributed by atoms with E-state index in [4.69, 9.17) is 23.2 Å². The molecular formula is C13H19Cl2NS. The minimum Gasteiger partial charge on any atom is -0.313 e. The number of nitrogens with one attached hydrogen (secondary N) is 1. The van der Waals surface area contributed by atoms with E-state index < -0.39 is 0 Å². The second kappa shape index (κ2) is 5.08. The first-order valence-electron chi connectivity index (χ1n) is 6.07. The Bertz CT molecular complexity index is 400. The Hall–Kier alpha value is 0.240. The molecule has 2 unspecified atom stereocenters. The first kappa shape index (κ1) is 13.7. The largest absolute Gasteiger partial charge is 0.313 e. The third-order valence-corrected chi connectivity index (χ3v) is 5.59. The molecule has 1 nitrogen and oxygen atoms in total. The molecular weight excluding hydrogens is 273 g/mol. The number of hydrogen-bond donors (Lipinski definition) is 1.